The van der Waals surface area contributed by atoms with Crippen LogP contribution in [-0.4, -0.2) is 36.5 Å². The minimum absolute atomic E-state index is 0.222. The molecule has 4 nitrogen and oxygen atoms in total. The zero-order valence-electron chi connectivity index (χ0n) is 14.0. The predicted molar refractivity (Wildman–Crippen MR) is 97.3 cm³/mol. The first-order valence-electron chi connectivity index (χ1n) is 8.19. The summed E-state index contributed by atoms with van der Waals surface area (Å²) in [6, 6.07) is 13.6. The van der Waals surface area contributed by atoms with Crippen LogP contribution in [-0.2, 0) is 9.53 Å². The molecule has 1 aliphatic heterocycles. The smallest absolute Gasteiger partial charge is 0.341 e. The number of rotatable bonds is 4. The number of nitrogens with zero attached hydrogens (tertiary/aromatic N) is 1. The first-order valence-corrected chi connectivity index (χ1v) is 8.57. The van der Waals surface area contributed by atoms with Crippen LogP contribution < -0.4 is 0 Å². The topological polar surface area (TPSA) is 46.6 Å². The minimum Gasteiger partial charge on any atom is -0.452 e. The highest BCUT2D eigenvalue weighted by atomic mass is 35.5. The van der Waals surface area contributed by atoms with Crippen molar-refractivity contribution in [1.29, 1.82) is 0 Å². The van der Waals surface area contributed by atoms with Crippen molar-refractivity contribution in [2.45, 2.75) is 6.42 Å². The van der Waals surface area contributed by atoms with Crippen molar-refractivity contribution in [3.63, 3.8) is 0 Å². The summed E-state index contributed by atoms with van der Waals surface area (Å²) in [4.78, 5) is 25.8. The molecule has 0 radical (unpaired) electrons. The summed E-state index contributed by atoms with van der Waals surface area (Å²) in [5, 5.41) is 0.222. The molecule has 3 rings (SSSR count). The van der Waals surface area contributed by atoms with Crippen LogP contribution in [0.5, 0.6) is 0 Å². The van der Waals surface area contributed by atoms with E-state index in [9.17, 15) is 14.0 Å². The van der Waals surface area contributed by atoms with Crippen molar-refractivity contribution in [2.24, 2.45) is 0 Å². The molecule has 0 bridgehead atoms. The third kappa shape index (κ3) is 4.29. The molecule has 0 spiro atoms. The van der Waals surface area contributed by atoms with Gasteiger partial charge in [0.25, 0.3) is 5.91 Å². The van der Waals surface area contributed by atoms with Gasteiger partial charge >= 0.3 is 5.97 Å². The number of amides is 1. The van der Waals surface area contributed by atoms with Crippen LogP contribution >= 0.6 is 11.6 Å². The number of halogens is 2. The highest BCUT2D eigenvalue weighted by Gasteiger charge is 2.21. The van der Waals surface area contributed by atoms with Crippen LogP contribution in [0.2, 0.25) is 5.02 Å². The first-order chi connectivity index (χ1) is 12.5. The summed E-state index contributed by atoms with van der Waals surface area (Å²) in [6.45, 7) is 0.564. The first kappa shape index (κ1) is 18.1. The van der Waals surface area contributed by atoms with Gasteiger partial charge < -0.3 is 9.64 Å². The van der Waals surface area contributed by atoms with E-state index in [-0.39, 0.29) is 16.5 Å². The van der Waals surface area contributed by atoms with E-state index >= 15 is 0 Å². The highest BCUT2D eigenvalue weighted by molar-refractivity contribution is 6.30. The fourth-order valence-electron chi connectivity index (χ4n) is 2.76. The van der Waals surface area contributed by atoms with Crippen LogP contribution in [0.1, 0.15) is 22.3 Å². The Hall–Kier alpha value is -2.66. The molecule has 0 unspecified atom stereocenters. The zero-order valence-corrected chi connectivity index (χ0v) is 14.7. The maximum Gasteiger partial charge on any atom is 0.341 e. The standard InChI is InChI=1S/C20H17ClFNO3/c21-16-6-7-18(22)17(12-16)20(25)26-13-19(24)23-10-8-15(9-11-23)14-4-2-1-3-5-14/h1-8,12H,9-11,13H2. The quantitative estimate of drug-likeness (QED) is 0.762. The Morgan fingerprint density at radius 3 is 2.62 bits per heavy atom. The fraction of sp³-hybridized carbons (Fsp3) is 0.200. The molecule has 26 heavy (non-hydrogen) atoms. The molecule has 0 aliphatic carbocycles. The molecule has 0 saturated carbocycles. The van der Waals surface area contributed by atoms with E-state index in [1.165, 1.54) is 17.7 Å². The number of ether oxygens (including phenoxy) is 1. The average Bonchev–Trinajstić information content (AvgIpc) is 2.68. The van der Waals surface area contributed by atoms with Crippen molar-refractivity contribution < 1.29 is 18.7 Å². The van der Waals surface area contributed by atoms with E-state index in [4.69, 9.17) is 16.3 Å². The molecular formula is C20H17ClFNO3. The number of hydrogen-bond acceptors (Lipinski definition) is 3. The van der Waals surface area contributed by atoms with Crippen LogP contribution in [0.3, 0.4) is 0 Å². The van der Waals surface area contributed by atoms with Gasteiger partial charge in [0.05, 0.1) is 5.56 Å². The van der Waals surface area contributed by atoms with Gasteiger partial charge in [0.2, 0.25) is 0 Å². The Balaban J connectivity index is 1.55. The Kier molecular flexibility index (Phi) is 5.68. The second-order valence-corrected chi connectivity index (χ2v) is 6.32. The number of hydrogen-bond donors (Lipinski definition) is 0. The van der Waals surface area contributed by atoms with E-state index in [2.05, 4.69) is 0 Å². The Bertz CT molecular complexity index is 851. The molecular weight excluding hydrogens is 357 g/mol. The molecule has 1 aliphatic rings. The molecule has 0 atom stereocenters. The monoisotopic (exact) mass is 373 g/mol. The van der Waals surface area contributed by atoms with Gasteiger partial charge in [-0.3, -0.25) is 4.79 Å². The van der Waals surface area contributed by atoms with Crippen molar-refractivity contribution in [2.75, 3.05) is 19.7 Å². The van der Waals surface area contributed by atoms with Crippen molar-refractivity contribution in [3.8, 4) is 0 Å². The molecule has 2 aromatic carbocycles. The summed E-state index contributed by atoms with van der Waals surface area (Å²) in [7, 11) is 0. The summed E-state index contributed by atoms with van der Waals surface area (Å²) in [5.74, 6) is -1.96. The largest absolute Gasteiger partial charge is 0.452 e. The van der Waals surface area contributed by atoms with E-state index in [1.807, 2.05) is 36.4 Å². The zero-order chi connectivity index (χ0) is 18.5. The van der Waals surface area contributed by atoms with E-state index < -0.39 is 18.4 Å². The maximum absolute atomic E-state index is 13.6. The molecule has 6 heteroatoms. The van der Waals surface area contributed by atoms with Crippen molar-refractivity contribution in [3.05, 3.63) is 76.6 Å². The third-order valence-corrected chi connectivity index (χ3v) is 4.42. The lowest BCUT2D eigenvalue weighted by atomic mass is 10.00. The van der Waals surface area contributed by atoms with Crippen LogP contribution in [0, 0.1) is 5.82 Å². The normalized spacial score (nSPS) is 13.9. The second-order valence-electron chi connectivity index (χ2n) is 5.89. The summed E-state index contributed by atoms with van der Waals surface area (Å²) in [5.41, 5.74) is 2.05. The van der Waals surface area contributed by atoms with Gasteiger partial charge in [0.15, 0.2) is 6.61 Å². The molecule has 134 valence electrons. The summed E-state index contributed by atoms with van der Waals surface area (Å²) >= 11 is 5.75. The summed E-state index contributed by atoms with van der Waals surface area (Å²) in [6.07, 6.45) is 2.72. The van der Waals surface area contributed by atoms with Gasteiger partial charge in [-0.05, 0) is 35.8 Å². The van der Waals surface area contributed by atoms with E-state index in [0.717, 1.165) is 18.1 Å². The van der Waals surface area contributed by atoms with Gasteiger partial charge in [-0.1, -0.05) is 48.0 Å². The lowest BCUT2D eigenvalue weighted by Gasteiger charge is -2.26. The van der Waals surface area contributed by atoms with Crippen molar-refractivity contribution >= 4 is 29.1 Å². The average molecular weight is 374 g/mol. The fourth-order valence-corrected chi connectivity index (χ4v) is 2.93. The Morgan fingerprint density at radius 2 is 1.92 bits per heavy atom. The van der Waals surface area contributed by atoms with Crippen LogP contribution in [0.15, 0.2) is 54.6 Å². The van der Waals surface area contributed by atoms with Gasteiger partial charge in [0, 0.05) is 18.1 Å². The molecule has 0 aromatic heterocycles. The van der Waals surface area contributed by atoms with Crippen LogP contribution in [0.4, 0.5) is 4.39 Å². The van der Waals surface area contributed by atoms with Crippen LogP contribution in [0.25, 0.3) is 5.57 Å². The molecule has 1 amide bonds. The Morgan fingerprint density at radius 1 is 1.15 bits per heavy atom. The second kappa shape index (κ2) is 8.15. The summed E-state index contributed by atoms with van der Waals surface area (Å²) < 4.78 is 18.6. The van der Waals surface area contributed by atoms with Gasteiger partial charge in [0.1, 0.15) is 5.82 Å². The number of carbonyl (C=O) groups excluding carboxylic acids is 2. The maximum atomic E-state index is 13.6. The minimum atomic E-state index is -0.907. The van der Waals surface area contributed by atoms with E-state index in [1.54, 1.807) is 4.90 Å². The predicted octanol–water partition coefficient (Wildman–Crippen LogP) is 3.95. The molecule has 1 heterocycles. The lowest BCUT2D eigenvalue weighted by molar-refractivity contribution is -0.134. The highest BCUT2D eigenvalue weighted by Crippen LogP contribution is 2.22. The SMILES string of the molecule is O=C(OCC(=O)N1CC=C(c2ccccc2)CC1)c1cc(Cl)ccc1F. The number of benzene rings is 2. The van der Waals surface area contributed by atoms with Crippen molar-refractivity contribution in [1.82, 2.24) is 4.90 Å². The van der Waals surface area contributed by atoms with Gasteiger partial charge in [-0.15, -0.1) is 0 Å². The lowest BCUT2D eigenvalue weighted by Crippen LogP contribution is -2.37. The molecule has 0 fully saturated rings. The molecule has 0 saturated heterocycles. The molecule has 0 N–H and O–H groups in total. The number of esters is 1. The van der Waals surface area contributed by atoms with Gasteiger partial charge in [-0.25, -0.2) is 9.18 Å². The molecule has 2 aromatic rings. The number of carbonyl (C=O) groups is 2. The van der Waals surface area contributed by atoms with E-state index in [0.29, 0.717) is 13.1 Å². The van der Waals surface area contributed by atoms with Gasteiger partial charge in [-0.2, -0.15) is 0 Å². The third-order valence-electron chi connectivity index (χ3n) is 4.18. The Labute approximate surface area is 155 Å².